The van der Waals surface area contributed by atoms with Crippen molar-refractivity contribution >= 4 is 27.8 Å². The van der Waals surface area contributed by atoms with Crippen LogP contribution in [0.5, 0.6) is 11.5 Å². The van der Waals surface area contributed by atoms with Gasteiger partial charge in [-0.05, 0) is 52.5 Å². The Balaban J connectivity index is 1.72. The van der Waals surface area contributed by atoms with Gasteiger partial charge in [0.05, 0.1) is 18.7 Å². The molecule has 1 fully saturated rings. The SMILES string of the molecule is CCC1CN(C(=O)COc2cc(OC)c(Br)cc2C(=O)OC)C(CC)CN1Cc1ccc(F)cc1. The summed E-state index contributed by atoms with van der Waals surface area (Å²) in [5.74, 6) is -0.259. The van der Waals surface area contributed by atoms with Gasteiger partial charge in [-0.3, -0.25) is 9.69 Å². The van der Waals surface area contributed by atoms with Crippen LogP contribution >= 0.6 is 15.9 Å². The molecule has 0 bridgehead atoms. The molecule has 0 aromatic heterocycles. The van der Waals surface area contributed by atoms with Gasteiger partial charge in [-0.2, -0.15) is 0 Å². The van der Waals surface area contributed by atoms with Crippen LogP contribution in [0.4, 0.5) is 4.39 Å². The Kier molecular flexibility index (Phi) is 9.51. The Bertz CT molecular complexity index is 1030. The van der Waals surface area contributed by atoms with E-state index < -0.39 is 5.97 Å². The molecule has 35 heavy (non-hydrogen) atoms. The summed E-state index contributed by atoms with van der Waals surface area (Å²) >= 11 is 3.36. The topological polar surface area (TPSA) is 68.3 Å². The maximum Gasteiger partial charge on any atom is 0.341 e. The minimum Gasteiger partial charge on any atom is -0.495 e. The van der Waals surface area contributed by atoms with Crippen LogP contribution in [0.3, 0.4) is 0 Å². The summed E-state index contributed by atoms with van der Waals surface area (Å²) in [6.45, 7) is 5.95. The highest BCUT2D eigenvalue weighted by molar-refractivity contribution is 9.10. The van der Waals surface area contributed by atoms with E-state index in [2.05, 4.69) is 34.7 Å². The molecule has 3 rings (SSSR count). The fourth-order valence-electron chi connectivity index (χ4n) is 4.37. The van der Waals surface area contributed by atoms with Crippen molar-refractivity contribution in [3.63, 3.8) is 0 Å². The molecule has 7 nitrogen and oxygen atoms in total. The predicted molar refractivity (Wildman–Crippen MR) is 134 cm³/mol. The number of methoxy groups -OCH3 is 2. The zero-order valence-electron chi connectivity index (χ0n) is 20.6. The largest absolute Gasteiger partial charge is 0.495 e. The molecule has 0 saturated carbocycles. The van der Waals surface area contributed by atoms with E-state index in [1.807, 2.05) is 4.90 Å². The van der Waals surface area contributed by atoms with Crippen molar-refractivity contribution in [2.45, 2.75) is 45.3 Å². The normalized spacial score (nSPS) is 18.3. The number of halogens is 2. The molecular formula is C26H32BrFN2O5. The lowest BCUT2D eigenvalue weighted by Crippen LogP contribution is -2.59. The van der Waals surface area contributed by atoms with Crippen LogP contribution in [0.1, 0.15) is 42.6 Å². The van der Waals surface area contributed by atoms with Gasteiger partial charge in [0.1, 0.15) is 22.9 Å². The van der Waals surface area contributed by atoms with E-state index in [0.717, 1.165) is 24.9 Å². The van der Waals surface area contributed by atoms with Crippen LogP contribution in [0.25, 0.3) is 0 Å². The second-order valence-electron chi connectivity index (χ2n) is 8.49. The first-order chi connectivity index (χ1) is 16.8. The first-order valence-electron chi connectivity index (χ1n) is 11.7. The van der Waals surface area contributed by atoms with Gasteiger partial charge in [0.15, 0.2) is 6.61 Å². The summed E-state index contributed by atoms with van der Waals surface area (Å²) in [6.07, 6.45) is 1.67. The Morgan fingerprint density at radius 1 is 1.03 bits per heavy atom. The van der Waals surface area contributed by atoms with Gasteiger partial charge in [-0.25, -0.2) is 9.18 Å². The first-order valence-corrected chi connectivity index (χ1v) is 12.5. The summed E-state index contributed by atoms with van der Waals surface area (Å²) in [5, 5.41) is 0. The van der Waals surface area contributed by atoms with Crippen molar-refractivity contribution in [3.05, 3.63) is 57.8 Å². The minimum atomic E-state index is -0.567. The van der Waals surface area contributed by atoms with Crippen LogP contribution in [0.15, 0.2) is 40.9 Å². The van der Waals surface area contributed by atoms with Crippen molar-refractivity contribution in [2.75, 3.05) is 33.9 Å². The van der Waals surface area contributed by atoms with E-state index in [0.29, 0.717) is 23.3 Å². The lowest BCUT2D eigenvalue weighted by molar-refractivity contribution is -0.140. The molecule has 9 heteroatoms. The van der Waals surface area contributed by atoms with Gasteiger partial charge in [-0.15, -0.1) is 0 Å². The molecule has 2 unspecified atom stereocenters. The lowest BCUT2D eigenvalue weighted by Gasteiger charge is -2.46. The Labute approximate surface area is 214 Å². The van der Waals surface area contributed by atoms with E-state index in [1.54, 1.807) is 24.3 Å². The number of benzene rings is 2. The van der Waals surface area contributed by atoms with Crippen LogP contribution in [-0.2, 0) is 16.1 Å². The van der Waals surface area contributed by atoms with Crippen LogP contribution in [0.2, 0.25) is 0 Å². The molecule has 1 aliphatic heterocycles. The van der Waals surface area contributed by atoms with Gasteiger partial charge >= 0.3 is 5.97 Å². The molecule has 2 aromatic rings. The van der Waals surface area contributed by atoms with Gasteiger partial charge < -0.3 is 19.1 Å². The predicted octanol–water partition coefficient (Wildman–Crippen LogP) is 4.66. The summed E-state index contributed by atoms with van der Waals surface area (Å²) in [4.78, 5) is 29.7. The molecule has 2 aromatic carbocycles. The highest BCUT2D eigenvalue weighted by Crippen LogP contribution is 2.33. The zero-order chi connectivity index (χ0) is 25.5. The third-order valence-electron chi connectivity index (χ3n) is 6.38. The highest BCUT2D eigenvalue weighted by Gasteiger charge is 2.35. The first kappa shape index (κ1) is 26.9. The van der Waals surface area contributed by atoms with Crippen LogP contribution < -0.4 is 9.47 Å². The minimum absolute atomic E-state index is 0.0221. The lowest BCUT2D eigenvalue weighted by atomic mass is 10.0. The fourth-order valence-corrected chi connectivity index (χ4v) is 4.88. The third kappa shape index (κ3) is 6.52. The summed E-state index contributed by atoms with van der Waals surface area (Å²) < 4.78 is 29.9. The summed E-state index contributed by atoms with van der Waals surface area (Å²) in [7, 11) is 2.80. The number of rotatable bonds is 9. The Hall–Kier alpha value is -2.65. The molecule has 0 spiro atoms. The second-order valence-corrected chi connectivity index (χ2v) is 9.34. The van der Waals surface area contributed by atoms with Crippen molar-refractivity contribution < 1.29 is 28.2 Å². The average molecular weight is 551 g/mol. The monoisotopic (exact) mass is 550 g/mol. The number of esters is 1. The molecule has 0 N–H and O–H groups in total. The number of hydrogen-bond donors (Lipinski definition) is 0. The van der Waals surface area contributed by atoms with E-state index in [9.17, 15) is 14.0 Å². The van der Waals surface area contributed by atoms with Crippen molar-refractivity contribution in [1.82, 2.24) is 9.80 Å². The molecule has 1 saturated heterocycles. The average Bonchev–Trinajstić information content (AvgIpc) is 2.87. The summed E-state index contributed by atoms with van der Waals surface area (Å²) in [6, 6.07) is 9.88. The smallest absolute Gasteiger partial charge is 0.341 e. The highest BCUT2D eigenvalue weighted by atomic mass is 79.9. The third-order valence-corrected chi connectivity index (χ3v) is 7.00. The number of ether oxygens (including phenoxy) is 3. The molecule has 0 radical (unpaired) electrons. The molecule has 2 atom stereocenters. The molecule has 1 amide bonds. The van der Waals surface area contributed by atoms with Crippen molar-refractivity contribution in [1.29, 1.82) is 0 Å². The second kappa shape index (κ2) is 12.4. The molecular weight excluding hydrogens is 519 g/mol. The van der Waals surface area contributed by atoms with Crippen LogP contribution in [0, 0.1) is 5.82 Å². The van der Waals surface area contributed by atoms with Gasteiger partial charge in [0, 0.05) is 37.8 Å². The number of piperazine rings is 1. The number of hydrogen-bond acceptors (Lipinski definition) is 6. The maximum absolute atomic E-state index is 13.3. The van der Waals surface area contributed by atoms with Crippen LogP contribution in [-0.4, -0.2) is 67.7 Å². The Morgan fingerprint density at radius 3 is 2.31 bits per heavy atom. The molecule has 1 heterocycles. The summed E-state index contributed by atoms with van der Waals surface area (Å²) in [5.41, 5.74) is 1.25. The van der Waals surface area contributed by atoms with E-state index >= 15 is 0 Å². The maximum atomic E-state index is 13.3. The quantitative estimate of drug-likeness (QED) is 0.423. The number of amides is 1. The molecule has 1 aliphatic rings. The molecule has 0 aliphatic carbocycles. The van der Waals surface area contributed by atoms with E-state index in [-0.39, 0.29) is 41.7 Å². The molecule has 190 valence electrons. The van der Waals surface area contributed by atoms with Gasteiger partial charge in [0.25, 0.3) is 5.91 Å². The van der Waals surface area contributed by atoms with Crippen molar-refractivity contribution in [3.8, 4) is 11.5 Å². The fraction of sp³-hybridized carbons (Fsp3) is 0.462. The Morgan fingerprint density at radius 2 is 1.71 bits per heavy atom. The standard InChI is InChI=1S/C26H32BrFN2O5/c1-5-19-15-30(20(6-2)14-29(19)13-17-7-9-18(28)10-8-17)25(31)16-35-23-12-24(33-3)22(27)11-21(23)26(32)34-4/h7-12,19-20H,5-6,13-16H2,1-4H3. The van der Waals surface area contributed by atoms with Gasteiger partial charge in [-0.1, -0.05) is 26.0 Å². The van der Waals surface area contributed by atoms with E-state index in [4.69, 9.17) is 14.2 Å². The number of carbonyl (C=O) groups excluding carboxylic acids is 2. The number of nitrogens with zero attached hydrogens (tertiary/aromatic N) is 2. The van der Waals surface area contributed by atoms with Crippen molar-refractivity contribution in [2.24, 2.45) is 0 Å². The van der Waals surface area contributed by atoms with E-state index in [1.165, 1.54) is 26.4 Å². The number of carbonyl (C=O) groups is 2. The zero-order valence-corrected chi connectivity index (χ0v) is 22.1. The van der Waals surface area contributed by atoms with Gasteiger partial charge in [0.2, 0.25) is 0 Å².